The number of ether oxygens (including phenoxy) is 1. The first-order valence-electron chi connectivity index (χ1n) is 6.97. The van der Waals surface area contributed by atoms with Gasteiger partial charge in [0, 0.05) is 11.6 Å². The molecule has 2 unspecified atom stereocenters. The molecule has 0 spiro atoms. The summed E-state index contributed by atoms with van der Waals surface area (Å²) in [5, 5.41) is 4.73. The predicted octanol–water partition coefficient (Wildman–Crippen LogP) is 0.955. The van der Waals surface area contributed by atoms with E-state index in [1.54, 1.807) is 20.2 Å². The highest BCUT2D eigenvalue weighted by atomic mass is 16.5. The number of hydrogen-bond donors (Lipinski definition) is 2. The van der Waals surface area contributed by atoms with Crippen LogP contribution in [0, 0.1) is 0 Å². The number of likely N-dealkylation sites (N-methyl/N-ethyl adjacent to an activating group) is 1. The molecule has 1 aromatic heterocycles. The quantitative estimate of drug-likeness (QED) is 0.586. The standard InChI is InChI=1S/C16H19N3O3/c1-11(16(18-2,15(17)21)22-10-9-20)14-13-6-4-3-5-12(13)7-8-19-14/h3-9,11,18H,10H2,1-2H3,(H2,17,21). The van der Waals surface area contributed by atoms with Crippen LogP contribution in [0.4, 0.5) is 0 Å². The van der Waals surface area contributed by atoms with E-state index in [0.29, 0.717) is 12.0 Å². The predicted molar refractivity (Wildman–Crippen MR) is 83.2 cm³/mol. The first-order valence-corrected chi connectivity index (χ1v) is 6.97. The molecule has 0 aliphatic heterocycles. The third kappa shape index (κ3) is 2.70. The second-order valence-corrected chi connectivity index (χ2v) is 4.97. The number of aldehydes is 1. The largest absolute Gasteiger partial charge is 0.366 e. The number of nitrogens with one attached hydrogen (secondary N) is 1. The number of nitrogens with two attached hydrogens (primary N) is 1. The Hall–Kier alpha value is -2.31. The maximum absolute atomic E-state index is 12.0. The Morgan fingerprint density at radius 3 is 2.82 bits per heavy atom. The summed E-state index contributed by atoms with van der Waals surface area (Å²) in [6, 6.07) is 9.61. The molecule has 0 bridgehead atoms. The Bertz CT molecular complexity index is 684. The molecular weight excluding hydrogens is 282 g/mol. The highest BCUT2D eigenvalue weighted by molar-refractivity contribution is 5.88. The van der Waals surface area contributed by atoms with Crippen LogP contribution in [0.5, 0.6) is 0 Å². The number of primary amides is 1. The van der Waals surface area contributed by atoms with Crippen LogP contribution in [0.1, 0.15) is 18.5 Å². The van der Waals surface area contributed by atoms with Crippen LogP contribution in [0.15, 0.2) is 36.5 Å². The highest BCUT2D eigenvalue weighted by Gasteiger charge is 2.44. The van der Waals surface area contributed by atoms with Gasteiger partial charge in [-0.25, -0.2) is 0 Å². The van der Waals surface area contributed by atoms with E-state index in [1.807, 2.05) is 30.3 Å². The van der Waals surface area contributed by atoms with Gasteiger partial charge in [0.2, 0.25) is 5.72 Å². The molecule has 0 saturated carbocycles. The van der Waals surface area contributed by atoms with Crippen molar-refractivity contribution in [3.05, 3.63) is 42.2 Å². The molecule has 1 amide bonds. The van der Waals surface area contributed by atoms with Gasteiger partial charge in [-0.05, 0) is 18.5 Å². The zero-order chi connectivity index (χ0) is 16.2. The van der Waals surface area contributed by atoms with Crippen molar-refractivity contribution < 1.29 is 14.3 Å². The van der Waals surface area contributed by atoms with Gasteiger partial charge in [-0.1, -0.05) is 31.2 Å². The summed E-state index contributed by atoms with van der Waals surface area (Å²) in [5.41, 5.74) is 4.71. The van der Waals surface area contributed by atoms with Crippen molar-refractivity contribution >= 4 is 23.0 Å². The van der Waals surface area contributed by atoms with Crippen LogP contribution < -0.4 is 11.1 Å². The second kappa shape index (κ2) is 6.64. The van der Waals surface area contributed by atoms with E-state index in [1.165, 1.54) is 0 Å². The molecule has 2 atom stereocenters. The summed E-state index contributed by atoms with van der Waals surface area (Å²) in [4.78, 5) is 27.0. The lowest BCUT2D eigenvalue weighted by Gasteiger charge is -2.35. The normalized spacial score (nSPS) is 15.2. The summed E-state index contributed by atoms with van der Waals surface area (Å²) in [5.74, 6) is -1.18. The molecule has 2 aromatic rings. The lowest BCUT2D eigenvalue weighted by atomic mass is 9.90. The number of aromatic nitrogens is 1. The van der Waals surface area contributed by atoms with Gasteiger partial charge in [-0.2, -0.15) is 0 Å². The molecule has 1 aromatic carbocycles. The minimum absolute atomic E-state index is 0.237. The maximum Gasteiger partial charge on any atom is 0.265 e. The van der Waals surface area contributed by atoms with Crippen molar-refractivity contribution in [3.63, 3.8) is 0 Å². The summed E-state index contributed by atoms with van der Waals surface area (Å²) in [6.45, 7) is 1.56. The lowest BCUT2D eigenvalue weighted by molar-refractivity contribution is -0.153. The van der Waals surface area contributed by atoms with Gasteiger partial charge in [-0.3, -0.25) is 15.1 Å². The van der Waals surface area contributed by atoms with Gasteiger partial charge in [-0.15, -0.1) is 0 Å². The fraction of sp³-hybridized carbons (Fsp3) is 0.312. The molecule has 6 heteroatoms. The van der Waals surface area contributed by atoms with Crippen LogP contribution in [0.2, 0.25) is 0 Å². The van der Waals surface area contributed by atoms with E-state index in [2.05, 4.69) is 10.3 Å². The fourth-order valence-corrected chi connectivity index (χ4v) is 2.67. The first-order chi connectivity index (χ1) is 10.6. The van der Waals surface area contributed by atoms with Crippen molar-refractivity contribution in [1.82, 2.24) is 10.3 Å². The Labute approximate surface area is 128 Å². The number of benzene rings is 1. The topological polar surface area (TPSA) is 94.3 Å². The summed E-state index contributed by atoms with van der Waals surface area (Å²) in [6.07, 6.45) is 2.26. The molecule has 1 heterocycles. The van der Waals surface area contributed by atoms with Crippen molar-refractivity contribution in [2.75, 3.05) is 13.7 Å². The molecule has 0 aliphatic rings. The van der Waals surface area contributed by atoms with Crippen LogP contribution >= 0.6 is 0 Å². The summed E-state index contributed by atoms with van der Waals surface area (Å²) < 4.78 is 5.46. The number of carbonyl (C=O) groups excluding carboxylic acids is 2. The Balaban J connectivity index is 2.55. The molecule has 2 rings (SSSR count). The Kier molecular flexibility index (Phi) is 4.85. The minimum atomic E-state index is -1.50. The number of nitrogens with zero attached hydrogens (tertiary/aromatic N) is 1. The fourth-order valence-electron chi connectivity index (χ4n) is 2.67. The Morgan fingerprint density at radius 2 is 2.18 bits per heavy atom. The van der Waals surface area contributed by atoms with E-state index in [4.69, 9.17) is 10.5 Å². The van der Waals surface area contributed by atoms with Crippen molar-refractivity contribution in [3.8, 4) is 0 Å². The average molecular weight is 301 g/mol. The van der Waals surface area contributed by atoms with E-state index in [-0.39, 0.29) is 6.61 Å². The zero-order valence-electron chi connectivity index (χ0n) is 12.6. The molecule has 0 saturated heterocycles. The third-order valence-corrected chi connectivity index (χ3v) is 3.84. The third-order valence-electron chi connectivity index (χ3n) is 3.84. The lowest BCUT2D eigenvalue weighted by Crippen LogP contribution is -2.59. The van der Waals surface area contributed by atoms with E-state index in [9.17, 15) is 9.59 Å². The van der Waals surface area contributed by atoms with Crippen LogP contribution in [-0.2, 0) is 14.3 Å². The van der Waals surface area contributed by atoms with Gasteiger partial charge >= 0.3 is 0 Å². The number of hydrogen-bond acceptors (Lipinski definition) is 5. The second-order valence-electron chi connectivity index (χ2n) is 4.97. The number of rotatable bonds is 7. The highest BCUT2D eigenvalue weighted by Crippen LogP contribution is 2.32. The van der Waals surface area contributed by atoms with Gasteiger partial charge in [0.05, 0.1) is 11.6 Å². The molecule has 6 nitrogen and oxygen atoms in total. The first kappa shape index (κ1) is 16.1. The summed E-state index contributed by atoms with van der Waals surface area (Å²) in [7, 11) is 1.57. The van der Waals surface area contributed by atoms with E-state index in [0.717, 1.165) is 10.8 Å². The van der Waals surface area contributed by atoms with Gasteiger partial charge in [0.15, 0.2) is 0 Å². The zero-order valence-corrected chi connectivity index (χ0v) is 12.6. The smallest absolute Gasteiger partial charge is 0.265 e. The average Bonchev–Trinajstić information content (AvgIpc) is 2.55. The van der Waals surface area contributed by atoms with Crippen LogP contribution in [0.3, 0.4) is 0 Å². The molecule has 0 aliphatic carbocycles. The molecule has 0 radical (unpaired) electrons. The van der Waals surface area contributed by atoms with Crippen LogP contribution in [0.25, 0.3) is 10.8 Å². The number of carbonyl (C=O) groups is 2. The van der Waals surface area contributed by atoms with E-state index < -0.39 is 17.6 Å². The van der Waals surface area contributed by atoms with Crippen LogP contribution in [-0.4, -0.2) is 36.6 Å². The molecular formula is C16H19N3O3. The number of pyridine rings is 1. The SMILES string of the molecule is CNC(OCC=O)(C(N)=O)C(C)c1nccc2ccccc12. The van der Waals surface area contributed by atoms with E-state index >= 15 is 0 Å². The number of amides is 1. The number of fused-ring (bicyclic) bond motifs is 1. The summed E-state index contributed by atoms with van der Waals surface area (Å²) >= 11 is 0. The molecule has 116 valence electrons. The Morgan fingerprint density at radius 1 is 1.45 bits per heavy atom. The van der Waals surface area contributed by atoms with Crippen molar-refractivity contribution in [2.24, 2.45) is 5.73 Å². The molecule has 3 N–H and O–H groups in total. The monoisotopic (exact) mass is 301 g/mol. The maximum atomic E-state index is 12.0. The molecule has 22 heavy (non-hydrogen) atoms. The molecule has 0 fully saturated rings. The van der Waals surface area contributed by atoms with Crippen molar-refractivity contribution in [1.29, 1.82) is 0 Å². The van der Waals surface area contributed by atoms with Gasteiger partial charge in [0.25, 0.3) is 5.91 Å². The van der Waals surface area contributed by atoms with Gasteiger partial charge in [0.1, 0.15) is 12.9 Å². The minimum Gasteiger partial charge on any atom is -0.366 e. The van der Waals surface area contributed by atoms with Crippen molar-refractivity contribution in [2.45, 2.75) is 18.6 Å². The van der Waals surface area contributed by atoms with Gasteiger partial charge < -0.3 is 15.3 Å².